The summed E-state index contributed by atoms with van der Waals surface area (Å²) in [6.45, 7) is 8.94. The highest BCUT2D eigenvalue weighted by atomic mass is 127. The Bertz CT molecular complexity index is 746. The predicted molar refractivity (Wildman–Crippen MR) is 131 cm³/mol. The molecule has 2 N–H and O–H groups in total. The van der Waals surface area contributed by atoms with E-state index >= 15 is 0 Å². The number of halogens is 2. The zero-order chi connectivity index (χ0) is 19.6. The second kappa shape index (κ2) is 13.1. The van der Waals surface area contributed by atoms with Crippen LogP contribution in [0.3, 0.4) is 0 Å². The molecular formula is C22H30ClIN4O. The highest BCUT2D eigenvalue weighted by molar-refractivity contribution is 14.0. The van der Waals surface area contributed by atoms with Crippen molar-refractivity contribution in [2.75, 3.05) is 32.8 Å². The first-order valence-corrected chi connectivity index (χ1v) is 10.3. The van der Waals surface area contributed by atoms with E-state index in [0.717, 1.165) is 62.5 Å². The van der Waals surface area contributed by atoms with Crippen LogP contribution in [0, 0.1) is 0 Å². The number of aliphatic imine (C=N–C) groups is 1. The van der Waals surface area contributed by atoms with Gasteiger partial charge in [-0.1, -0.05) is 48.0 Å². The summed E-state index contributed by atoms with van der Waals surface area (Å²) in [6, 6.07) is 16.6. The number of hydrogen-bond donors (Lipinski definition) is 2. The lowest BCUT2D eigenvalue weighted by Crippen LogP contribution is -2.36. The molecule has 1 aliphatic heterocycles. The fourth-order valence-electron chi connectivity index (χ4n) is 3.07. The van der Waals surface area contributed by atoms with E-state index < -0.39 is 0 Å². The third-order valence-electron chi connectivity index (χ3n) is 4.67. The van der Waals surface area contributed by atoms with Gasteiger partial charge in [0, 0.05) is 37.7 Å². The Morgan fingerprint density at radius 1 is 0.966 bits per heavy atom. The van der Waals surface area contributed by atoms with Gasteiger partial charge in [0.05, 0.1) is 19.8 Å². The second-order valence-corrected chi connectivity index (χ2v) is 7.32. The van der Waals surface area contributed by atoms with Crippen LogP contribution in [0.1, 0.15) is 23.6 Å². The lowest BCUT2D eigenvalue weighted by atomic mass is 10.1. The first-order valence-electron chi connectivity index (χ1n) is 9.87. The van der Waals surface area contributed by atoms with Crippen molar-refractivity contribution in [1.29, 1.82) is 0 Å². The topological polar surface area (TPSA) is 48.9 Å². The third-order valence-corrected chi connectivity index (χ3v) is 4.92. The molecule has 1 saturated heterocycles. The minimum absolute atomic E-state index is 0. The first kappa shape index (κ1) is 23.9. The number of nitrogens with one attached hydrogen (secondary N) is 2. The van der Waals surface area contributed by atoms with Gasteiger partial charge >= 0.3 is 0 Å². The Morgan fingerprint density at radius 2 is 1.59 bits per heavy atom. The SMILES string of the molecule is CCNC(=NCc1ccc(Cl)cc1)NCc1ccc(CN2CCOCC2)cc1.I. The molecule has 3 rings (SSSR count). The molecule has 0 aromatic heterocycles. The quantitative estimate of drug-likeness (QED) is 0.324. The lowest BCUT2D eigenvalue weighted by molar-refractivity contribution is 0.0342. The summed E-state index contributed by atoms with van der Waals surface area (Å²) in [5.41, 5.74) is 3.71. The highest BCUT2D eigenvalue weighted by Crippen LogP contribution is 2.11. The van der Waals surface area contributed by atoms with Crippen LogP contribution in [0.25, 0.3) is 0 Å². The van der Waals surface area contributed by atoms with Crippen molar-refractivity contribution in [3.05, 3.63) is 70.2 Å². The Labute approximate surface area is 195 Å². The summed E-state index contributed by atoms with van der Waals surface area (Å²) in [4.78, 5) is 7.09. The van der Waals surface area contributed by atoms with E-state index in [1.807, 2.05) is 24.3 Å². The van der Waals surface area contributed by atoms with Gasteiger partial charge in [0.1, 0.15) is 0 Å². The van der Waals surface area contributed by atoms with Crippen molar-refractivity contribution in [2.24, 2.45) is 4.99 Å². The summed E-state index contributed by atoms with van der Waals surface area (Å²) in [7, 11) is 0. The molecule has 0 unspecified atom stereocenters. The Balaban J connectivity index is 0.00000300. The lowest BCUT2D eigenvalue weighted by Gasteiger charge is -2.26. The number of benzene rings is 2. The molecule has 0 atom stereocenters. The van der Waals surface area contributed by atoms with Crippen LogP contribution in [0.2, 0.25) is 5.02 Å². The minimum atomic E-state index is 0. The molecule has 29 heavy (non-hydrogen) atoms. The van der Waals surface area contributed by atoms with Gasteiger partial charge in [-0.2, -0.15) is 0 Å². The van der Waals surface area contributed by atoms with Crippen LogP contribution in [-0.4, -0.2) is 43.7 Å². The van der Waals surface area contributed by atoms with Gasteiger partial charge in [-0.05, 0) is 35.7 Å². The van der Waals surface area contributed by atoms with Gasteiger partial charge in [0.15, 0.2) is 5.96 Å². The molecule has 1 heterocycles. The van der Waals surface area contributed by atoms with Crippen LogP contribution in [0.15, 0.2) is 53.5 Å². The van der Waals surface area contributed by atoms with E-state index in [4.69, 9.17) is 16.3 Å². The van der Waals surface area contributed by atoms with Crippen LogP contribution in [-0.2, 0) is 24.4 Å². The van der Waals surface area contributed by atoms with E-state index in [1.54, 1.807) is 0 Å². The van der Waals surface area contributed by atoms with E-state index in [0.29, 0.717) is 6.54 Å². The highest BCUT2D eigenvalue weighted by Gasteiger charge is 2.10. The molecule has 2 aromatic rings. The molecule has 1 fully saturated rings. The van der Waals surface area contributed by atoms with Crippen LogP contribution >= 0.6 is 35.6 Å². The minimum Gasteiger partial charge on any atom is -0.379 e. The third kappa shape index (κ3) is 8.50. The molecule has 5 nitrogen and oxygen atoms in total. The van der Waals surface area contributed by atoms with Gasteiger partial charge in [0.25, 0.3) is 0 Å². The van der Waals surface area contributed by atoms with Crippen molar-refractivity contribution in [3.8, 4) is 0 Å². The Kier molecular flexibility index (Phi) is 10.8. The summed E-state index contributed by atoms with van der Waals surface area (Å²) < 4.78 is 5.41. The molecular weight excluding hydrogens is 499 g/mol. The van der Waals surface area contributed by atoms with Crippen molar-refractivity contribution in [2.45, 2.75) is 26.6 Å². The molecule has 0 amide bonds. The largest absolute Gasteiger partial charge is 0.379 e. The van der Waals surface area contributed by atoms with Crippen molar-refractivity contribution in [1.82, 2.24) is 15.5 Å². The standard InChI is InChI=1S/C22H29ClN4O.HI/c1-2-24-22(26-16-19-7-9-21(23)10-8-19)25-15-18-3-5-20(6-4-18)17-27-11-13-28-14-12-27;/h3-10H,2,11-17H2,1H3,(H2,24,25,26);1H. The molecule has 0 saturated carbocycles. The summed E-state index contributed by atoms with van der Waals surface area (Å²) in [6.07, 6.45) is 0. The zero-order valence-electron chi connectivity index (χ0n) is 16.9. The zero-order valence-corrected chi connectivity index (χ0v) is 20.0. The van der Waals surface area contributed by atoms with E-state index in [-0.39, 0.29) is 24.0 Å². The van der Waals surface area contributed by atoms with Crippen molar-refractivity contribution in [3.63, 3.8) is 0 Å². The van der Waals surface area contributed by atoms with Gasteiger partial charge in [-0.3, -0.25) is 4.90 Å². The fourth-order valence-corrected chi connectivity index (χ4v) is 3.19. The van der Waals surface area contributed by atoms with Crippen LogP contribution < -0.4 is 10.6 Å². The van der Waals surface area contributed by atoms with E-state index in [2.05, 4.69) is 51.7 Å². The number of morpholine rings is 1. The molecule has 1 aliphatic rings. The first-order chi connectivity index (χ1) is 13.7. The average Bonchev–Trinajstić information content (AvgIpc) is 2.73. The van der Waals surface area contributed by atoms with E-state index in [9.17, 15) is 0 Å². The van der Waals surface area contributed by atoms with Gasteiger partial charge in [0.2, 0.25) is 0 Å². The Hall–Kier alpha value is -1.35. The maximum Gasteiger partial charge on any atom is 0.191 e. The number of nitrogens with zero attached hydrogens (tertiary/aromatic N) is 2. The van der Waals surface area contributed by atoms with Crippen LogP contribution in [0.4, 0.5) is 0 Å². The molecule has 0 radical (unpaired) electrons. The Morgan fingerprint density at radius 3 is 2.24 bits per heavy atom. The summed E-state index contributed by atoms with van der Waals surface area (Å²) >= 11 is 5.94. The summed E-state index contributed by atoms with van der Waals surface area (Å²) in [5, 5.41) is 7.44. The monoisotopic (exact) mass is 528 g/mol. The van der Waals surface area contributed by atoms with Gasteiger partial charge in [-0.25, -0.2) is 4.99 Å². The molecule has 2 aromatic carbocycles. The van der Waals surface area contributed by atoms with Crippen molar-refractivity contribution < 1.29 is 4.74 Å². The molecule has 0 spiro atoms. The van der Waals surface area contributed by atoms with Gasteiger partial charge in [-0.15, -0.1) is 24.0 Å². The molecule has 158 valence electrons. The number of rotatable bonds is 7. The second-order valence-electron chi connectivity index (χ2n) is 6.88. The predicted octanol–water partition coefficient (Wildman–Crippen LogP) is 4.05. The summed E-state index contributed by atoms with van der Waals surface area (Å²) in [5.74, 6) is 0.815. The van der Waals surface area contributed by atoms with E-state index in [1.165, 1.54) is 11.1 Å². The van der Waals surface area contributed by atoms with Crippen molar-refractivity contribution >= 4 is 41.5 Å². The smallest absolute Gasteiger partial charge is 0.191 e. The maximum absolute atomic E-state index is 5.94. The maximum atomic E-state index is 5.94. The molecule has 7 heteroatoms. The number of ether oxygens (including phenoxy) is 1. The normalized spacial score (nSPS) is 14.9. The average molecular weight is 529 g/mol. The fraction of sp³-hybridized carbons (Fsp3) is 0.409. The molecule has 0 bridgehead atoms. The van der Waals surface area contributed by atoms with Crippen LogP contribution in [0.5, 0.6) is 0 Å². The van der Waals surface area contributed by atoms with Gasteiger partial charge < -0.3 is 15.4 Å². The molecule has 0 aliphatic carbocycles. The number of hydrogen-bond acceptors (Lipinski definition) is 3. The number of guanidine groups is 1.